The van der Waals surface area contributed by atoms with Crippen LogP contribution >= 0.6 is 12.4 Å². The van der Waals surface area contributed by atoms with E-state index < -0.39 is 0 Å². The van der Waals surface area contributed by atoms with Crippen molar-refractivity contribution in [2.75, 3.05) is 22.9 Å². The Morgan fingerprint density at radius 3 is 1.09 bits per heavy atom. The minimum Gasteiger partial charge on any atom is -0.397 e. The van der Waals surface area contributed by atoms with Crippen LogP contribution in [0.5, 0.6) is 0 Å². The van der Waals surface area contributed by atoms with E-state index in [1.54, 1.807) is 12.1 Å². The molecule has 4 nitrogen and oxygen atoms in total. The predicted molar refractivity (Wildman–Crippen MR) is 59.8 cm³/mol. The first-order valence-corrected chi connectivity index (χ1v) is 2.81. The van der Waals surface area contributed by atoms with Crippen molar-refractivity contribution in [1.82, 2.24) is 0 Å². The molecule has 0 aliphatic rings. The molecule has 1 aromatic rings. The van der Waals surface area contributed by atoms with Gasteiger partial charge in [0.1, 0.15) is 0 Å². The molecule has 0 radical (unpaired) electrons. The molecule has 0 spiro atoms. The summed E-state index contributed by atoms with van der Waals surface area (Å²) in [7, 11) is 0. The van der Waals surface area contributed by atoms with E-state index in [-0.39, 0.29) is 18.1 Å². The van der Waals surface area contributed by atoms with E-state index in [0.717, 1.165) is 0 Å². The zero-order valence-corrected chi connectivity index (χ0v) is 6.69. The summed E-state index contributed by atoms with van der Waals surface area (Å²) in [5.74, 6) is 0. The second-order valence-corrected chi connectivity index (χ2v) is 2.11. The molecule has 0 bridgehead atoms. The Morgan fingerprint density at radius 2 is 0.909 bits per heavy atom. The van der Waals surface area contributed by atoms with Gasteiger partial charge in [0.2, 0.25) is 0 Å². The largest absolute Gasteiger partial charge is 0.397 e. The van der Waals surface area contributed by atoms with Crippen molar-refractivity contribution < 1.29 is 5.71 Å². The van der Waals surface area contributed by atoms with Crippen LogP contribution in [0.25, 0.3) is 0 Å². The second kappa shape index (κ2) is 3.21. The topological polar surface area (TPSA) is 104 Å². The summed E-state index contributed by atoms with van der Waals surface area (Å²) in [5.41, 5.74) is 23.6. The van der Waals surface area contributed by atoms with Gasteiger partial charge in [0.05, 0.1) is 22.7 Å². The fraction of sp³-hybridized carbons (Fsp3) is 0. The van der Waals surface area contributed by atoms with E-state index in [2.05, 4.69) is 0 Å². The van der Waals surface area contributed by atoms with Gasteiger partial charge in [-0.3, -0.25) is 0 Å². The van der Waals surface area contributed by atoms with E-state index in [1.807, 2.05) is 0 Å². The minimum absolute atomic E-state index is 0. The lowest BCUT2D eigenvalue weighted by molar-refractivity contribution is 1.64. The van der Waals surface area contributed by atoms with Crippen molar-refractivity contribution in [2.24, 2.45) is 0 Å². The van der Waals surface area contributed by atoms with Crippen LogP contribution in [0.4, 0.5) is 22.7 Å². The number of nitrogens with two attached hydrogens (primary N) is 4. The fourth-order valence-electron chi connectivity index (χ4n) is 0.668. The van der Waals surface area contributed by atoms with Gasteiger partial charge in [0.25, 0.3) is 0 Å². The average Bonchev–Trinajstić information content (AvgIpc) is 1.84. The number of halogens is 1. The Morgan fingerprint density at radius 1 is 0.727 bits per heavy atom. The number of benzene rings is 1. The first-order valence-electron chi connectivity index (χ1n) is 2.81. The number of anilines is 4. The molecule has 0 amide bonds. The molecular formula is C6H19ClN4. The van der Waals surface area contributed by atoms with Crippen LogP contribution in [0.3, 0.4) is 0 Å². The highest BCUT2D eigenvalue weighted by Crippen LogP contribution is 2.23. The van der Waals surface area contributed by atoms with Crippen LogP contribution in [0.2, 0.25) is 0 Å². The third-order valence-electron chi connectivity index (χ3n) is 1.29. The molecule has 8 N–H and O–H groups in total. The highest BCUT2D eigenvalue weighted by Gasteiger charge is 1.97. The Balaban J connectivity index is -0.0000000667. The monoisotopic (exact) mass is 182 g/mol. The molecule has 0 aliphatic carbocycles. The first-order chi connectivity index (χ1) is 4.61. The summed E-state index contributed by atoms with van der Waals surface area (Å²) < 4.78 is 0. The van der Waals surface area contributed by atoms with Crippen molar-refractivity contribution >= 4 is 35.2 Å². The van der Waals surface area contributed by atoms with E-state index in [1.165, 1.54) is 0 Å². The molecule has 5 heteroatoms. The molecule has 11 heavy (non-hydrogen) atoms. The Hall–Kier alpha value is -1.29. The molecule has 1 rings (SSSR count). The fourth-order valence-corrected chi connectivity index (χ4v) is 0.668. The number of hydrogen-bond acceptors (Lipinski definition) is 4. The molecule has 0 saturated heterocycles. The maximum atomic E-state index is 5.43. The number of nitrogen functional groups attached to an aromatic ring is 4. The van der Waals surface area contributed by atoms with E-state index in [4.69, 9.17) is 22.9 Å². The van der Waals surface area contributed by atoms with Crippen molar-refractivity contribution in [2.45, 2.75) is 0 Å². The molecule has 0 atom stereocenters. The number of hydrogen-bond donors (Lipinski definition) is 4. The summed E-state index contributed by atoms with van der Waals surface area (Å²) in [6.07, 6.45) is 0. The summed E-state index contributed by atoms with van der Waals surface area (Å²) in [5, 5.41) is 0. The van der Waals surface area contributed by atoms with Crippen molar-refractivity contribution in [3.63, 3.8) is 0 Å². The van der Waals surface area contributed by atoms with Crippen LogP contribution in [0, 0.1) is 0 Å². The average molecular weight is 183 g/mol. The molecule has 0 aromatic heterocycles. The van der Waals surface area contributed by atoms with Gasteiger partial charge in [0, 0.05) is 5.71 Å². The highest BCUT2D eigenvalue weighted by molar-refractivity contribution is 5.85. The van der Waals surface area contributed by atoms with Gasteiger partial charge >= 0.3 is 0 Å². The predicted octanol–water partition coefficient (Wildman–Crippen LogP) is 1.42. The van der Waals surface area contributed by atoms with E-state index in [0.29, 0.717) is 22.7 Å². The van der Waals surface area contributed by atoms with Gasteiger partial charge in [-0.05, 0) is 12.1 Å². The van der Waals surface area contributed by atoms with E-state index >= 15 is 0 Å². The summed E-state index contributed by atoms with van der Waals surface area (Å²) >= 11 is 0. The van der Waals surface area contributed by atoms with Gasteiger partial charge in [-0.25, -0.2) is 0 Å². The SMILES string of the molecule is Cl.Nc1cc(N)c(N)cc1N.[HH].[HH].[HH].[HH]. The Kier molecular flexibility index (Phi) is 2.83. The van der Waals surface area contributed by atoms with Gasteiger partial charge in [-0.15, -0.1) is 12.4 Å². The van der Waals surface area contributed by atoms with Crippen molar-refractivity contribution in [3.05, 3.63) is 12.1 Å². The highest BCUT2D eigenvalue weighted by atomic mass is 35.5. The second-order valence-electron chi connectivity index (χ2n) is 2.11. The molecule has 0 fully saturated rings. The summed E-state index contributed by atoms with van der Waals surface area (Å²) in [6.45, 7) is 0. The zero-order valence-electron chi connectivity index (χ0n) is 5.87. The summed E-state index contributed by atoms with van der Waals surface area (Å²) in [4.78, 5) is 0. The molecule has 1 aromatic carbocycles. The van der Waals surface area contributed by atoms with E-state index in [9.17, 15) is 0 Å². The molecule has 0 aliphatic heterocycles. The maximum Gasteiger partial charge on any atom is 0.0570 e. The van der Waals surface area contributed by atoms with Crippen molar-refractivity contribution in [3.8, 4) is 0 Å². The van der Waals surface area contributed by atoms with Crippen LogP contribution in [-0.4, -0.2) is 0 Å². The molecule has 0 heterocycles. The Bertz CT molecular complexity index is 223. The zero-order chi connectivity index (χ0) is 7.72. The lowest BCUT2D eigenvalue weighted by Crippen LogP contribution is -2.00. The van der Waals surface area contributed by atoms with Gasteiger partial charge in [-0.2, -0.15) is 0 Å². The number of rotatable bonds is 0. The minimum atomic E-state index is 0. The normalized spacial score (nSPS) is 8.73. The first kappa shape index (κ1) is 9.71. The lowest BCUT2D eigenvalue weighted by atomic mass is 10.2. The van der Waals surface area contributed by atoms with Gasteiger partial charge in [-0.1, -0.05) is 0 Å². The van der Waals surface area contributed by atoms with Gasteiger partial charge < -0.3 is 22.9 Å². The maximum absolute atomic E-state index is 5.43. The third kappa shape index (κ3) is 1.81. The van der Waals surface area contributed by atoms with Crippen LogP contribution in [0.1, 0.15) is 5.71 Å². The smallest absolute Gasteiger partial charge is 0.0570 e. The van der Waals surface area contributed by atoms with Crippen molar-refractivity contribution in [1.29, 1.82) is 0 Å². The van der Waals surface area contributed by atoms with Crippen LogP contribution in [-0.2, 0) is 0 Å². The molecule has 0 saturated carbocycles. The standard InChI is InChI=1S/C6H10N4.ClH.4H2/c7-3-1-4(8)6(10)2-5(3)9;;;;;/h1-2H,7-10H2;5*1H. The molecule has 0 unspecified atom stereocenters. The third-order valence-corrected chi connectivity index (χ3v) is 1.29. The molecule has 70 valence electrons. The summed E-state index contributed by atoms with van der Waals surface area (Å²) in [6, 6.07) is 3.09. The van der Waals surface area contributed by atoms with Crippen LogP contribution in [0.15, 0.2) is 12.1 Å². The lowest BCUT2D eigenvalue weighted by Gasteiger charge is -2.03. The molecular weight excluding hydrogens is 164 g/mol. The Labute approximate surface area is 76.9 Å². The van der Waals surface area contributed by atoms with Crippen LogP contribution < -0.4 is 22.9 Å². The van der Waals surface area contributed by atoms with Gasteiger partial charge in [0.15, 0.2) is 0 Å². The quantitative estimate of drug-likeness (QED) is 0.456.